The Kier molecular flexibility index (Phi) is 6.12. The highest BCUT2D eigenvalue weighted by atomic mass is 16.2. The number of hydrogen-bond acceptors (Lipinski definition) is 2. The maximum Gasteiger partial charge on any atom is 0.317 e. The monoisotopic (exact) mass is 365 g/mol. The van der Waals surface area contributed by atoms with Crippen LogP contribution in [0, 0.1) is 0 Å². The van der Waals surface area contributed by atoms with Crippen LogP contribution in [0.25, 0.3) is 0 Å². The number of carbonyl (C=O) groups excluding carboxylic acids is 2. The van der Waals surface area contributed by atoms with Crippen molar-refractivity contribution < 1.29 is 9.59 Å². The van der Waals surface area contributed by atoms with Crippen LogP contribution in [-0.4, -0.2) is 48.9 Å². The SMILES string of the molecule is CNC(=O)N1CCC[C@H](c2cccc(C(=O)N(C)Cc3ccccc3)c2)C1. The van der Waals surface area contributed by atoms with Crippen molar-refractivity contribution in [2.24, 2.45) is 0 Å². The third kappa shape index (κ3) is 4.67. The predicted molar refractivity (Wildman–Crippen MR) is 107 cm³/mol. The standard InChI is InChI=1S/C22H27N3O2/c1-23-22(27)25-13-7-12-20(16-25)18-10-6-11-19(14-18)21(26)24(2)15-17-8-4-3-5-9-17/h3-6,8-11,14,20H,7,12-13,15-16H2,1-2H3,(H,23,27)/t20-/m0/s1. The Morgan fingerprint density at radius 3 is 2.67 bits per heavy atom. The molecule has 1 saturated heterocycles. The molecule has 1 atom stereocenters. The van der Waals surface area contributed by atoms with Crippen molar-refractivity contribution in [2.45, 2.75) is 25.3 Å². The summed E-state index contributed by atoms with van der Waals surface area (Å²) in [5.74, 6) is 0.280. The summed E-state index contributed by atoms with van der Waals surface area (Å²) >= 11 is 0. The number of nitrogens with one attached hydrogen (secondary N) is 1. The molecule has 3 rings (SSSR count). The van der Waals surface area contributed by atoms with Crippen molar-refractivity contribution in [1.29, 1.82) is 0 Å². The van der Waals surface area contributed by atoms with E-state index in [2.05, 4.69) is 11.4 Å². The van der Waals surface area contributed by atoms with Gasteiger partial charge in [-0.1, -0.05) is 42.5 Å². The fourth-order valence-corrected chi connectivity index (χ4v) is 3.67. The summed E-state index contributed by atoms with van der Waals surface area (Å²) in [6, 6.07) is 17.8. The molecule has 1 aliphatic heterocycles. The van der Waals surface area contributed by atoms with Gasteiger partial charge < -0.3 is 15.1 Å². The Morgan fingerprint density at radius 1 is 1.15 bits per heavy atom. The van der Waals surface area contributed by atoms with Crippen molar-refractivity contribution in [3.63, 3.8) is 0 Å². The van der Waals surface area contributed by atoms with E-state index in [1.165, 1.54) is 0 Å². The van der Waals surface area contributed by atoms with E-state index >= 15 is 0 Å². The van der Waals surface area contributed by atoms with Crippen LogP contribution in [0.2, 0.25) is 0 Å². The summed E-state index contributed by atoms with van der Waals surface area (Å²) in [6.07, 6.45) is 2.01. The Hall–Kier alpha value is -2.82. The molecule has 3 amide bonds. The lowest BCUT2D eigenvalue weighted by molar-refractivity contribution is 0.0785. The van der Waals surface area contributed by atoms with Crippen molar-refractivity contribution >= 4 is 11.9 Å². The Morgan fingerprint density at radius 2 is 1.93 bits per heavy atom. The van der Waals surface area contributed by atoms with Crippen molar-refractivity contribution in [1.82, 2.24) is 15.1 Å². The lowest BCUT2D eigenvalue weighted by Crippen LogP contribution is -2.43. The lowest BCUT2D eigenvalue weighted by Gasteiger charge is -2.32. The van der Waals surface area contributed by atoms with Gasteiger partial charge in [0.1, 0.15) is 0 Å². The Balaban J connectivity index is 1.71. The van der Waals surface area contributed by atoms with Gasteiger partial charge in [-0.2, -0.15) is 0 Å². The largest absolute Gasteiger partial charge is 0.341 e. The third-order valence-electron chi connectivity index (χ3n) is 5.14. The molecule has 0 spiro atoms. The van der Waals surface area contributed by atoms with E-state index in [0.29, 0.717) is 18.7 Å². The average Bonchev–Trinajstić information content (AvgIpc) is 2.73. The first kappa shape index (κ1) is 19.0. The summed E-state index contributed by atoms with van der Waals surface area (Å²) < 4.78 is 0. The molecule has 1 heterocycles. The van der Waals surface area contributed by atoms with Gasteiger partial charge in [0.25, 0.3) is 5.91 Å². The zero-order chi connectivity index (χ0) is 19.2. The summed E-state index contributed by atoms with van der Waals surface area (Å²) in [5.41, 5.74) is 2.93. The van der Waals surface area contributed by atoms with Gasteiger partial charge in [0.15, 0.2) is 0 Å². The number of carbonyl (C=O) groups is 2. The molecule has 5 nitrogen and oxygen atoms in total. The van der Waals surface area contributed by atoms with E-state index < -0.39 is 0 Å². The first-order chi connectivity index (χ1) is 13.1. The van der Waals surface area contributed by atoms with Gasteiger partial charge in [0.05, 0.1) is 0 Å². The van der Waals surface area contributed by atoms with Crippen molar-refractivity contribution in [2.75, 3.05) is 27.2 Å². The van der Waals surface area contributed by atoms with Crippen LogP contribution in [-0.2, 0) is 6.54 Å². The molecule has 2 aromatic carbocycles. The van der Waals surface area contributed by atoms with Crippen LogP contribution in [0.1, 0.15) is 40.2 Å². The Bertz CT molecular complexity index is 791. The summed E-state index contributed by atoms with van der Waals surface area (Å²) in [4.78, 5) is 28.4. The molecule has 5 heteroatoms. The van der Waals surface area contributed by atoms with Crippen LogP contribution in [0.3, 0.4) is 0 Å². The number of amides is 3. The molecule has 2 aromatic rings. The highest BCUT2D eigenvalue weighted by Gasteiger charge is 2.25. The predicted octanol–water partition coefficient (Wildman–Crippen LogP) is 3.48. The number of rotatable bonds is 4. The summed E-state index contributed by atoms with van der Waals surface area (Å²) in [6.45, 7) is 2.06. The molecule has 142 valence electrons. The molecule has 0 saturated carbocycles. The second-order valence-corrected chi connectivity index (χ2v) is 7.11. The molecule has 27 heavy (non-hydrogen) atoms. The number of benzene rings is 2. The molecule has 0 aromatic heterocycles. The molecule has 1 N–H and O–H groups in total. The van der Waals surface area contributed by atoms with E-state index in [-0.39, 0.29) is 17.9 Å². The number of nitrogens with zero attached hydrogens (tertiary/aromatic N) is 2. The highest BCUT2D eigenvalue weighted by Crippen LogP contribution is 2.27. The van der Waals surface area contributed by atoms with Gasteiger partial charge in [-0.15, -0.1) is 0 Å². The molecule has 1 aliphatic rings. The molecule has 1 fully saturated rings. The number of urea groups is 1. The fraction of sp³-hybridized carbons (Fsp3) is 0.364. The fourth-order valence-electron chi connectivity index (χ4n) is 3.67. The molecule has 0 bridgehead atoms. The minimum Gasteiger partial charge on any atom is -0.341 e. The molecule has 0 radical (unpaired) electrons. The number of hydrogen-bond donors (Lipinski definition) is 1. The zero-order valence-electron chi connectivity index (χ0n) is 16.0. The van der Waals surface area contributed by atoms with Gasteiger partial charge >= 0.3 is 6.03 Å². The van der Waals surface area contributed by atoms with E-state index in [0.717, 1.165) is 30.5 Å². The van der Waals surface area contributed by atoms with Crippen molar-refractivity contribution in [3.05, 3.63) is 71.3 Å². The van der Waals surface area contributed by atoms with E-state index in [4.69, 9.17) is 0 Å². The molecule has 0 unspecified atom stereocenters. The van der Waals surface area contributed by atoms with Gasteiger partial charge in [0.2, 0.25) is 0 Å². The number of likely N-dealkylation sites (tertiary alicyclic amines) is 1. The lowest BCUT2D eigenvalue weighted by atomic mass is 9.89. The number of piperidine rings is 1. The smallest absolute Gasteiger partial charge is 0.317 e. The van der Waals surface area contributed by atoms with E-state index in [1.54, 1.807) is 11.9 Å². The minimum absolute atomic E-state index is 0.0136. The normalized spacial score (nSPS) is 16.7. The molecule has 0 aliphatic carbocycles. The molecular weight excluding hydrogens is 338 g/mol. The third-order valence-corrected chi connectivity index (χ3v) is 5.14. The maximum absolute atomic E-state index is 12.9. The van der Waals surface area contributed by atoms with Crippen LogP contribution in [0.15, 0.2) is 54.6 Å². The van der Waals surface area contributed by atoms with Gasteiger partial charge in [-0.25, -0.2) is 4.79 Å². The van der Waals surface area contributed by atoms with Gasteiger partial charge in [0, 0.05) is 45.2 Å². The Labute approximate surface area is 161 Å². The van der Waals surface area contributed by atoms with Crippen molar-refractivity contribution in [3.8, 4) is 0 Å². The highest BCUT2D eigenvalue weighted by molar-refractivity contribution is 5.94. The second kappa shape index (κ2) is 8.71. The molecular formula is C22H27N3O2. The van der Waals surface area contributed by atoms with Gasteiger partial charge in [-0.05, 0) is 36.1 Å². The first-order valence-corrected chi connectivity index (χ1v) is 9.44. The van der Waals surface area contributed by atoms with Gasteiger partial charge in [-0.3, -0.25) is 4.79 Å². The zero-order valence-corrected chi connectivity index (χ0v) is 16.0. The van der Waals surface area contributed by atoms with Crippen LogP contribution in [0.4, 0.5) is 4.79 Å². The maximum atomic E-state index is 12.9. The summed E-state index contributed by atoms with van der Waals surface area (Å²) in [7, 11) is 3.49. The quantitative estimate of drug-likeness (QED) is 0.902. The summed E-state index contributed by atoms with van der Waals surface area (Å²) in [5, 5.41) is 2.70. The van der Waals surface area contributed by atoms with Crippen LogP contribution in [0.5, 0.6) is 0 Å². The minimum atomic E-state index is -0.0328. The average molecular weight is 365 g/mol. The van der Waals surface area contributed by atoms with E-state index in [9.17, 15) is 9.59 Å². The van der Waals surface area contributed by atoms with E-state index in [1.807, 2.05) is 60.5 Å². The second-order valence-electron chi connectivity index (χ2n) is 7.11. The topological polar surface area (TPSA) is 52.7 Å². The first-order valence-electron chi connectivity index (χ1n) is 9.44. The van der Waals surface area contributed by atoms with Crippen LogP contribution >= 0.6 is 0 Å². The van der Waals surface area contributed by atoms with Crippen LogP contribution < -0.4 is 5.32 Å².